The second kappa shape index (κ2) is 6.12. The lowest BCUT2D eigenvalue weighted by Gasteiger charge is -2.24. The Morgan fingerprint density at radius 1 is 1.38 bits per heavy atom. The molecule has 0 unspecified atom stereocenters. The molecule has 1 aliphatic heterocycles. The number of benzene rings is 1. The molecule has 0 saturated carbocycles. The number of ether oxygens (including phenoxy) is 1. The van der Waals surface area contributed by atoms with Crippen molar-refractivity contribution < 1.29 is 18.3 Å². The van der Waals surface area contributed by atoms with Crippen LogP contribution in [0.15, 0.2) is 18.2 Å². The molecule has 1 fully saturated rings. The molecule has 2 heterocycles. The summed E-state index contributed by atoms with van der Waals surface area (Å²) in [5, 5.41) is 5.11. The van der Waals surface area contributed by atoms with Gasteiger partial charge < -0.3 is 9.64 Å². The first-order valence-corrected chi connectivity index (χ1v) is 8.69. The summed E-state index contributed by atoms with van der Waals surface area (Å²) in [6.07, 6.45) is -1.84. The van der Waals surface area contributed by atoms with E-state index in [1.54, 1.807) is 26.8 Å². The number of carbonyl (C=O) groups excluding carboxylic acids is 1. The molecule has 130 valence electrons. The Labute approximate surface area is 152 Å². The fraction of sp³-hybridized carbons (Fsp3) is 0.500. The molecule has 1 amide bonds. The van der Waals surface area contributed by atoms with Crippen LogP contribution in [-0.4, -0.2) is 45.6 Å². The zero-order valence-corrected chi connectivity index (χ0v) is 15.8. The second-order valence-corrected chi connectivity index (χ2v) is 7.89. The van der Waals surface area contributed by atoms with Gasteiger partial charge in [-0.3, -0.25) is 4.68 Å². The first-order chi connectivity index (χ1) is 11.2. The molecule has 1 aromatic heterocycles. The molecular formula is C16H18F2IN3O2. The van der Waals surface area contributed by atoms with Crippen molar-refractivity contribution in [2.45, 2.75) is 38.6 Å². The van der Waals surface area contributed by atoms with Crippen molar-refractivity contribution in [2.75, 3.05) is 13.1 Å². The van der Waals surface area contributed by atoms with Crippen molar-refractivity contribution in [3.63, 3.8) is 0 Å². The molecule has 24 heavy (non-hydrogen) atoms. The fourth-order valence-corrected chi connectivity index (χ4v) is 3.47. The monoisotopic (exact) mass is 449 g/mol. The van der Waals surface area contributed by atoms with E-state index in [-0.39, 0.29) is 13.1 Å². The first-order valence-electron chi connectivity index (χ1n) is 7.61. The highest BCUT2D eigenvalue weighted by Gasteiger charge is 2.39. The predicted octanol–water partition coefficient (Wildman–Crippen LogP) is 3.91. The number of rotatable bonds is 1. The summed E-state index contributed by atoms with van der Waals surface area (Å²) in [4.78, 5) is 13.5. The molecule has 1 aromatic carbocycles. The number of amides is 1. The fourth-order valence-electron chi connectivity index (χ4n) is 2.78. The van der Waals surface area contributed by atoms with Crippen molar-refractivity contribution >= 4 is 39.6 Å². The van der Waals surface area contributed by atoms with Crippen LogP contribution in [0.5, 0.6) is 0 Å². The van der Waals surface area contributed by atoms with E-state index in [1.807, 2.05) is 22.6 Å². The lowest BCUT2D eigenvalue weighted by atomic mass is 10.2. The molecule has 0 spiro atoms. The average Bonchev–Trinajstić information content (AvgIpc) is 2.98. The number of halogens is 3. The summed E-state index contributed by atoms with van der Waals surface area (Å²) in [5.41, 5.74) is -0.115. The van der Waals surface area contributed by atoms with Crippen LogP contribution in [0.2, 0.25) is 0 Å². The van der Waals surface area contributed by atoms with Crippen LogP contribution >= 0.6 is 22.6 Å². The molecule has 5 nitrogen and oxygen atoms in total. The molecule has 8 heteroatoms. The number of carbonyl (C=O) groups is 1. The summed E-state index contributed by atoms with van der Waals surface area (Å²) in [5.74, 6) is -0.405. The van der Waals surface area contributed by atoms with Gasteiger partial charge in [-0.15, -0.1) is 0 Å². The molecule has 0 N–H and O–H groups in total. The molecule has 0 bridgehead atoms. The van der Waals surface area contributed by atoms with E-state index in [1.165, 1.54) is 21.7 Å². The topological polar surface area (TPSA) is 47.4 Å². The standard InChI is InChI=1S/C16H18F2IN3O2/c1-16(2,3)24-15(23)21-7-11(18)13(8-21)22-12-6-9(17)4-5-10(12)14(19)20-22/h4-6,11,13H,7-8H2,1-3H3/t11-,13+/m1/s1. The largest absolute Gasteiger partial charge is 0.444 e. The smallest absolute Gasteiger partial charge is 0.410 e. The molecule has 2 aromatic rings. The summed E-state index contributed by atoms with van der Waals surface area (Å²) in [6.45, 7) is 5.36. The van der Waals surface area contributed by atoms with Crippen molar-refractivity contribution in [1.82, 2.24) is 14.7 Å². The second-order valence-electron chi connectivity index (χ2n) is 6.87. The molecule has 1 saturated heterocycles. The van der Waals surface area contributed by atoms with E-state index >= 15 is 0 Å². The molecule has 3 rings (SSSR count). The number of nitrogens with zero attached hydrogens (tertiary/aromatic N) is 3. The van der Waals surface area contributed by atoms with E-state index in [4.69, 9.17) is 4.74 Å². The van der Waals surface area contributed by atoms with E-state index in [2.05, 4.69) is 5.10 Å². The quantitative estimate of drug-likeness (QED) is 0.621. The summed E-state index contributed by atoms with van der Waals surface area (Å²) < 4.78 is 35.6. The lowest BCUT2D eigenvalue weighted by molar-refractivity contribution is 0.0281. The van der Waals surface area contributed by atoms with E-state index < -0.39 is 29.7 Å². The third kappa shape index (κ3) is 3.33. The van der Waals surface area contributed by atoms with Gasteiger partial charge in [0.05, 0.1) is 12.1 Å². The third-order valence-electron chi connectivity index (χ3n) is 3.81. The Kier molecular flexibility index (Phi) is 4.43. The van der Waals surface area contributed by atoms with Crippen LogP contribution in [0, 0.1) is 9.52 Å². The van der Waals surface area contributed by atoms with Gasteiger partial charge in [0, 0.05) is 11.9 Å². The predicted molar refractivity (Wildman–Crippen MR) is 94.1 cm³/mol. The zero-order valence-electron chi connectivity index (χ0n) is 13.6. The van der Waals surface area contributed by atoms with Gasteiger partial charge in [-0.1, -0.05) is 0 Å². The van der Waals surface area contributed by atoms with Gasteiger partial charge in [0.25, 0.3) is 0 Å². The van der Waals surface area contributed by atoms with Gasteiger partial charge in [-0.05, 0) is 61.6 Å². The first kappa shape index (κ1) is 17.4. The summed E-state index contributed by atoms with van der Waals surface area (Å²) >= 11 is 2.04. The minimum absolute atomic E-state index is 0.0627. The minimum atomic E-state index is -1.29. The van der Waals surface area contributed by atoms with Crippen molar-refractivity contribution in [3.05, 3.63) is 27.7 Å². The SMILES string of the molecule is CC(C)(C)OC(=O)N1C[C@@H](F)[C@@H](n2nc(I)c3ccc(F)cc32)C1. The van der Waals surface area contributed by atoms with Crippen LogP contribution in [-0.2, 0) is 4.74 Å². The maximum absolute atomic E-state index is 14.5. The third-order valence-corrected chi connectivity index (χ3v) is 4.61. The lowest BCUT2D eigenvalue weighted by Crippen LogP contribution is -2.35. The van der Waals surface area contributed by atoms with Gasteiger partial charge in [-0.2, -0.15) is 5.10 Å². The number of aromatic nitrogens is 2. The Morgan fingerprint density at radius 3 is 2.75 bits per heavy atom. The van der Waals surface area contributed by atoms with Gasteiger partial charge in [-0.25, -0.2) is 13.6 Å². The highest BCUT2D eigenvalue weighted by atomic mass is 127. The highest BCUT2D eigenvalue weighted by Crippen LogP contribution is 2.31. The Bertz CT molecular complexity index is 787. The Hall–Kier alpha value is -1.45. The number of hydrogen-bond donors (Lipinski definition) is 0. The highest BCUT2D eigenvalue weighted by molar-refractivity contribution is 14.1. The van der Waals surface area contributed by atoms with Crippen LogP contribution in [0.25, 0.3) is 10.9 Å². The Balaban J connectivity index is 1.88. The molecule has 1 aliphatic rings. The number of likely N-dealkylation sites (tertiary alicyclic amines) is 1. The minimum Gasteiger partial charge on any atom is -0.444 e. The van der Waals surface area contributed by atoms with Gasteiger partial charge in [0.1, 0.15) is 27.3 Å². The zero-order chi connectivity index (χ0) is 17.6. The number of alkyl halides is 1. The van der Waals surface area contributed by atoms with Gasteiger partial charge in [0.15, 0.2) is 0 Å². The molecule has 2 atom stereocenters. The van der Waals surface area contributed by atoms with E-state index in [0.29, 0.717) is 9.22 Å². The van der Waals surface area contributed by atoms with Crippen LogP contribution in [0.1, 0.15) is 26.8 Å². The van der Waals surface area contributed by atoms with Crippen molar-refractivity contribution in [2.24, 2.45) is 0 Å². The normalized spacial score (nSPS) is 21.5. The molecule has 0 radical (unpaired) electrons. The maximum Gasteiger partial charge on any atom is 0.410 e. The number of fused-ring (bicyclic) bond motifs is 1. The summed E-state index contributed by atoms with van der Waals surface area (Å²) in [6, 6.07) is 3.66. The molecule has 0 aliphatic carbocycles. The Morgan fingerprint density at radius 2 is 2.08 bits per heavy atom. The summed E-state index contributed by atoms with van der Waals surface area (Å²) in [7, 11) is 0. The maximum atomic E-state index is 14.5. The van der Waals surface area contributed by atoms with Gasteiger partial charge >= 0.3 is 6.09 Å². The van der Waals surface area contributed by atoms with Crippen LogP contribution < -0.4 is 0 Å². The van der Waals surface area contributed by atoms with E-state index in [0.717, 1.165) is 5.39 Å². The average molecular weight is 449 g/mol. The van der Waals surface area contributed by atoms with Crippen LogP contribution in [0.3, 0.4) is 0 Å². The van der Waals surface area contributed by atoms with E-state index in [9.17, 15) is 13.6 Å². The van der Waals surface area contributed by atoms with Crippen LogP contribution in [0.4, 0.5) is 13.6 Å². The molecular weight excluding hydrogens is 431 g/mol. The van der Waals surface area contributed by atoms with Crippen molar-refractivity contribution in [3.8, 4) is 0 Å². The van der Waals surface area contributed by atoms with Gasteiger partial charge in [0.2, 0.25) is 0 Å². The van der Waals surface area contributed by atoms with Crippen molar-refractivity contribution in [1.29, 1.82) is 0 Å². The number of hydrogen-bond acceptors (Lipinski definition) is 3.